The van der Waals surface area contributed by atoms with Gasteiger partial charge in [-0.1, -0.05) is 35.3 Å². The first-order valence-corrected chi connectivity index (χ1v) is 7.53. The zero-order valence-electron chi connectivity index (χ0n) is 9.89. The molecule has 0 saturated heterocycles. The molecule has 0 fully saturated rings. The summed E-state index contributed by atoms with van der Waals surface area (Å²) >= 11 is 11.7. The van der Waals surface area contributed by atoms with Gasteiger partial charge in [-0.15, -0.1) is 0 Å². The molecule has 100 valence electrons. The van der Waals surface area contributed by atoms with Crippen molar-refractivity contribution < 1.29 is 8.42 Å². The maximum Gasteiger partial charge on any atom is 0.262 e. The van der Waals surface area contributed by atoms with Gasteiger partial charge in [0.15, 0.2) is 0 Å². The monoisotopic (exact) mass is 316 g/mol. The van der Waals surface area contributed by atoms with Crippen molar-refractivity contribution in [3.63, 3.8) is 0 Å². The Morgan fingerprint density at radius 1 is 1.21 bits per heavy atom. The van der Waals surface area contributed by atoms with Crippen molar-refractivity contribution in [2.24, 2.45) is 0 Å². The lowest BCUT2D eigenvalue weighted by atomic mass is 10.2. The normalized spacial score (nSPS) is 11.3. The number of halogens is 2. The minimum atomic E-state index is -3.74. The summed E-state index contributed by atoms with van der Waals surface area (Å²) in [4.78, 5) is 3.78. The van der Waals surface area contributed by atoms with Crippen LogP contribution in [0.3, 0.4) is 0 Å². The van der Waals surface area contributed by atoms with Crippen LogP contribution in [0, 0.1) is 6.92 Å². The molecular weight excluding hydrogens is 307 g/mol. The van der Waals surface area contributed by atoms with Crippen LogP contribution < -0.4 is 4.72 Å². The van der Waals surface area contributed by atoms with E-state index in [4.69, 9.17) is 23.2 Å². The standard InChI is InChI=1S/C12H10Cl2N2O2S/c1-8-3-2-4-10(13)12(8)16-19(17,18)9-5-6-15-11(14)7-9/h2-7,16H,1H3. The first kappa shape index (κ1) is 14.1. The molecule has 7 heteroatoms. The summed E-state index contributed by atoms with van der Waals surface area (Å²) in [5.74, 6) is 0. The van der Waals surface area contributed by atoms with Crippen molar-refractivity contribution >= 4 is 38.9 Å². The Hall–Kier alpha value is -1.30. The van der Waals surface area contributed by atoms with E-state index in [1.807, 2.05) is 0 Å². The molecule has 0 aliphatic heterocycles. The number of pyridine rings is 1. The van der Waals surface area contributed by atoms with Crippen LogP contribution in [0.4, 0.5) is 5.69 Å². The Morgan fingerprint density at radius 2 is 1.95 bits per heavy atom. The summed E-state index contributed by atoms with van der Waals surface area (Å²) < 4.78 is 26.9. The first-order valence-electron chi connectivity index (χ1n) is 5.29. The van der Waals surface area contributed by atoms with Crippen LogP contribution >= 0.6 is 23.2 Å². The summed E-state index contributed by atoms with van der Waals surface area (Å²) in [6.45, 7) is 1.77. The van der Waals surface area contributed by atoms with Gasteiger partial charge in [0, 0.05) is 6.20 Å². The summed E-state index contributed by atoms with van der Waals surface area (Å²) in [5, 5.41) is 0.447. The first-order chi connectivity index (χ1) is 8.90. The number of aryl methyl sites for hydroxylation is 1. The molecule has 4 nitrogen and oxygen atoms in total. The van der Waals surface area contributed by atoms with Gasteiger partial charge in [-0.2, -0.15) is 0 Å². The van der Waals surface area contributed by atoms with Gasteiger partial charge >= 0.3 is 0 Å². The van der Waals surface area contributed by atoms with Crippen molar-refractivity contribution in [3.8, 4) is 0 Å². The predicted molar refractivity (Wildman–Crippen MR) is 76.2 cm³/mol. The molecule has 0 aliphatic carbocycles. The summed E-state index contributed by atoms with van der Waals surface area (Å²) in [6, 6.07) is 7.77. The number of nitrogens with zero attached hydrogens (tertiary/aromatic N) is 1. The number of sulfonamides is 1. The second-order valence-corrected chi connectivity index (χ2v) is 6.33. The van der Waals surface area contributed by atoms with E-state index in [0.717, 1.165) is 5.56 Å². The molecule has 1 heterocycles. The topological polar surface area (TPSA) is 59.1 Å². The molecule has 1 N–H and O–H groups in total. The molecule has 19 heavy (non-hydrogen) atoms. The summed E-state index contributed by atoms with van der Waals surface area (Å²) in [5.41, 5.74) is 1.09. The number of hydrogen-bond donors (Lipinski definition) is 1. The number of benzene rings is 1. The Morgan fingerprint density at radius 3 is 2.58 bits per heavy atom. The van der Waals surface area contributed by atoms with Gasteiger partial charge < -0.3 is 0 Å². The third-order valence-corrected chi connectivity index (χ3v) is 4.34. The van der Waals surface area contributed by atoms with Crippen LogP contribution in [0.25, 0.3) is 0 Å². The van der Waals surface area contributed by atoms with E-state index >= 15 is 0 Å². The van der Waals surface area contributed by atoms with E-state index in [2.05, 4.69) is 9.71 Å². The van der Waals surface area contributed by atoms with Crippen molar-refractivity contribution in [2.75, 3.05) is 4.72 Å². The predicted octanol–water partition coefficient (Wildman–Crippen LogP) is 3.50. The fourth-order valence-corrected chi connectivity index (χ4v) is 3.23. The number of para-hydroxylation sites is 1. The summed E-state index contributed by atoms with van der Waals surface area (Å²) in [6.07, 6.45) is 1.33. The lowest BCUT2D eigenvalue weighted by Gasteiger charge is -2.12. The number of hydrogen-bond acceptors (Lipinski definition) is 3. The minimum absolute atomic E-state index is 0.0341. The van der Waals surface area contributed by atoms with Crippen molar-refractivity contribution in [3.05, 3.63) is 52.3 Å². The number of anilines is 1. The maximum atomic E-state index is 12.2. The molecule has 2 rings (SSSR count). The number of rotatable bonds is 3. The number of nitrogens with one attached hydrogen (secondary N) is 1. The quantitative estimate of drug-likeness (QED) is 0.882. The van der Waals surface area contributed by atoms with E-state index < -0.39 is 10.0 Å². The lowest BCUT2D eigenvalue weighted by molar-refractivity contribution is 0.601. The van der Waals surface area contributed by atoms with E-state index in [-0.39, 0.29) is 10.0 Å². The molecule has 0 saturated carbocycles. The minimum Gasteiger partial charge on any atom is -0.278 e. The average molecular weight is 317 g/mol. The fourth-order valence-electron chi connectivity index (χ4n) is 1.51. The van der Waals surface area contributed by atoms with Gasteiger partial charge in [-0.25, -0.2) is 13.4 Å². The third-order valence-electron chi connectivity index (χ3n) is 2.47. The second-order valence-electron chi connectivity index (χ2n) is 3.85. The van der Waals surface area contributed by atoms with E-state index in [1.54, 1.807) is 25.1 Å². The van der Waals surface area contributed by atoms with Crippen LogP contribution in [0.2, 0.25) is 10.2 Å². The Labute approximate surface area is 121 Å². The maximum absolute atomic E-state index is 12.2. The van der Waals surface area contributed by atoms with Crippen molar-refractivity contribution in [1.82, 2.24) is 4.98 Å². The highest BCUT2D eigenvalue weighted by Crippen LogP contribution is 2.28. The third kappa shape index (κ3) is 3.18. The average Bonchev–Trinajstić information content (AvgIpc) is 2.34. The van der Waals surface area contributed by atoms with Crippen LogP contribution in [0.1, 0.15) is 5.56 Å². The van der Waals surface area contributed by atoms with Gasteiger partial charge in [0.2, 0.25) is 0 Å². The highest BCUT2D eigenvalue weighted by atomic mass is 35.5. The molecule has 0 unspecified atom stereocenters. The zero-order chi connectivity index (χ0) is 14.0. The molecule has 0 atom stereocenters. The zero-order valence-corrected chi connectivity index (χ0v) is 12.2. The van der Waals surface area contributed by atoms with E-state index in [0.29, 0.717) is 10.7 Å². The van der Waals surface area contributed by atoms with Crippen molar-refractivity contribution in [2.45, 2.75) is 11.8 Å². The molecular formula is C12H10Cl2N2O2S. The molecule has 2 aromatic rings. The number of aromatic nitrogens is 1. The van der Waals surface area contributed by atoms with Gasteiger partial charge in [0.05, 0.1) is 15.6 Å². The van der Waals surface area contributed by atoms with Crippen LogP contribution in [0.5, 0.6) is 0 Å². The molecule has 0 radical (unpaired) electrons. The molecule has 0 aliphatic rings. The van der Waals surface area contributed by atoms with E-state index in [9.17, 15) is 8.42 Å². The molecule has 0 bridgehead atoms. The molecule has 0 spiro atoms. The van der Waals surface area contributed by atoms with Gasteiger partial charge in [0.25, 0.3) is 10.0 Å². The van der Waals surface area contributed by atoms with E-state index in [1.165, 1.54) is 18.3 Å². The molecule has 1 aromatic carbocycles. The van der Waals surface area contributed by atoms with Gasteiger partial charge in [-0.3, -0.25) is 4.72 Å². The lowest BCUT2D eigenvalue weighted by Crippen LogP contribution is -2.14. The highest BCUT2D eigenvalue weighted by molar-refractivity contribution is 7.92. The van der Waals surface area contributed by atoms with Crippen LogP contribution in [-0.4, -0.2) is 13.4 Å². The van der Waals surface area contributed by atoms with Gasteiger partial charge in [0.1, 0.15) is 5.15 Å². The van der Waals surface area contributed by atoms with Gasteiger partial charge in [-0.05, 0) is 30.7 Å². The van der Waals surface area contributed by atoms with Crippen LogP contribution in [0.15, 0.2) is 41.4 Å². The second kappa shape index (κ2) is 5.36. The van der Waals surface area contributed by atoms with Crippen molar-refractivity contribution in [1.29, 1.82) is 0 Å². The SMILES string of the molecule is Cc1cccc(Cl)c1NS(=O)(=O)c1ccnc(Cl)c1. The Bertz CT molecular complexity index is 697. The molecule has 1 aromatic heterocycles. The van der Waals surface area contributed by atoms with Crippen LogP contribution in [-0.2, 0) is 10.0 Å². The Balaban J connectivity index is 2.42. The molecule has 0 amide bonds. The largest absolute Gasteiger partial charge is 0.278 e. The smallest absolute Gasteiger partial charge is 0.262 e. The highest BCUT2D eigenvalue weighted by Gasteiger charge is 2.17. The summed E-state index contributed by atoms with van der Waals surface area (Å²) in [7, 11) is -3.74. The fraction of sp³-hybridized carbons (Fsp3) is 0.0833. The Kier molecular flexibility index (Phi) is 3.99.